The Morgan fingerprint density at radius 3 is 2.53 bits per heavy atom. The van der Waals surface area contributed by atoms with E-state index in [-0.39, 0.29) is 18.1 Å². The molecule has 1 heterocycles. The van der Waals surface area contributed by atoms with Crippen LogP contribution in [0.1, 0.15) is 44.9 Å². The molecule has 0 bridgehead atoms. The molecule has 2 saturated carbocycles. The Balaban J connectivity index is 1.68. The Labute approximate surface area is 119 Å². The number of ether oxygens (including phenoxy) is 1. The highest BCUT2D eigenvalue weighted by Gasteiger charge is 2.47. The molecular weight excluding hydrogens is 260 g/mol. The number of hydrogen-bond donors (Lipinski definition) is 2. The molecule has 3 rings (SSSR count). The number of amides is 1. The molecule has 2 atom stereocenters. The maximum absolute atomic E-state index is 12.6. The lowest BCUT2D eigenvalue weighted by Crippen LogP contribution is -2.52. The van der Waals surface area contributed by atoms with Crippen molar-refractivity contribution in [2.75, 3.05) is 6.61 Å². The average Bonchev–Trinajstić information content (AvgIpc) is 2.93. The summed E-state index contributed by atoms with van der Waals surface area (Å²) in [5.74, 6) is 0.691. The monoisotopic (exact) mass is 282 g/mol. The Kier molecular flexibility index (Phi) is 3.52. The molecule has 1 saturated heterocycles. The Bertz CT molecular complexity index is 389. The van der Waals surface area contributed by atoms with E-state index >= 15 is 0 Å². The molecule has 0 aromatic rings. The number of rotatable bonds is 4. The van der Waals surface area contributed by atoms with Gasteiger partial charge in [0, 0.05) is 6.61 Å². The molecule has 0 spiro atoms. The fraction of sp³-hybridized carbons (Fsp3) is 0.857. The lowest BCUT2D eigenvalue weighted by Gasteiger charge is -2.29. The number of carbonyl (C=O) groups is 1. The smallest absolute Gasteiger partial charge is 0.233 e. The molecule has 2 unspecified atom stereocenters. The summed E-state index contributed by atoms with van der Waals surface area (Å²) in [5.41, 5.74) is 5.26. The zero-order valence-electron chi connectivity index (χ0n) is 11.2. The van der Waals surface area contributed by atoms with Crippen molar-refractivity contribution in [1.82, 2.24) is 5.32 Å². The summed E-state index contributed by atoms with van der Waals surface area (Å²) >= 11 is 5.16. The maximum Gasteiger partial charge on any atom is 0.233 e. The van der Waals surface area contributed by atoms with Gasteiger partial charge in [-0.2, -0.15) is 0 Å². The number of nitrogens with one attached hydrogen (secondary N) is 1. The van der Waals surface area contributed by atoms with Crippen LogP contribution in [-0.4, -0.2) is 29.6 Å². The van der Waals surface area contributed by atoms with Crippen molar-refractivity contribution in [1.29, 1.82) is 0 Å². The van der Waals surface area contributed by atoms with Crippen LogP contribution in [0.5, 0.6) is 0 Å². The van der Waals surface area contributed by atoms with Gasteiger partial charge < -0.3 is 15.8 Å². The first-order valence-electron chi connectivity index (χ1n) is 7.36. The van der Waals surface area contributed by atoms with Gasteiger partial charge in [-0.05, 0) is 38.0 Å². The van der Waals surface area contributed by atoms with Gasteiger partial charge in [0.2, 0.25) is 5.91 Å². The standard InChI is InChI=1S/C14H22N2O2S/c15-12(19)14(6-1-2-7-14)13(17)16-10-5-8-18-11(10)9-3-4-9/h9-11H,1-8H2,(H2,15,19)(H,16,17). The van der Waals surface area contributed by atoms with E-state index in [1.165, 1.54) is 12.8 Å². The van der Waals surface area contributed by atoms with Gasteiger partial charge in [0.15, 0.2) is 0 Å². The van der Waals surface area contributed by atoms with Crippen LogP contribution in [0, 0.1) is 11.3 Å². The maximum atomic E-state index is 12.6. The molecule has 1 amide bonds. The molecule has 3 aliphatic rings. The Morgan fingerprint density at radius 1 is 1.26 bits per heavy atom. The summed E-state index contributed by atoms with van der Waals surface area (Å²) in [6.45, 7) is 0.756. The van der Waals surface area contributed by atoms with Crippen LogP contribution in [0.4, 0.5) is 0 Å². The molecule has 0 aromatic heterocycles. The van der Waals surface area contributed by atoms with Gasteiger partial charge in [-0.15, -0.1) is 0 Å². The molecule has 3 N–H and O–H groups in total. The van der Waals surface area contributed by atoms with Crippen LogP contribution in [0.25, 0.3) is 0 Å². The molecule has 1 aliphatic heterocycles. The van der Waals surface area contributed by atoms with Crippen molar-refractivity contribution >= 4 is 23.1 Å². The minimum absolute atomic E-state index is 0.0404. The van der Waals surface area contributed by atoms with Crippen molar-refractivity contribution < 1.29 is 9.53 Å². The van der Waals surface area contributed by atoms with Crippen molar-refractivity contribution in [3.05, 3.63) is 0 Å². The van der Waals surface area contributed by atoms with Gasteiger partial charge in [-0.1, -0.05) is 25.1 Å². The van der Waals surface area contributed by atoms with Crippen LogP contribution >= 0.6 is 12.2 Å². The molecule has 19 heavy (non-hydrogen) atoms. The molecule has 0 radical (unpaired) electrons. The minimum Gasteiger partial charge on any atom is -0.392 e. The van der Waals surface area contributed by atoms with Gasteiger partial charge in [0.1, 0.15) is 0 Å². The topological polar surface area (TPSA) is 64.4 Å². The van der Waals surface area contributed by atoms with E-state index in [0.29, 0.717) is 10.9 Å². The minimum atomic E-state index is -0.591. The number of thiocarbonyl (C=S) groups is 1. The summed E-state index contributed by atoms with van der Waals surface area (Å²) in [5, 5.41) is 3.18. The summed E-state index contributed by atoms with van der Waals surface area (Å²) < 4.78 is 5.77. The normalized spacial score (nSPS) is 33.3. The highest BCUT2D eigenvalue weighted by molar-refractivity contribution is 7.80. The van der Waals surface area contributed by atoms with Crippen LogP contribution in [0.2, 0.25) is 0 Å². The molecule has 106 valence electrons. The predicted octanol–water partition coefficient (Wildman–Crippen LogP) is 1.52. The van der Waals surface area contributed by atoms with E-state index in [0.717, 1.165) is 38.7 Å². The number of hydrogen-bond acceptors (Lipinski definition) is 3. The van der Waals surface area contributed by atoms with Crippen molar-refractivity contribution in [3.8, 4) is 0 Å². The highest BCUT2D eigenvalue weighted by Crippen LogP contribution is 2.41. The molecule has 3 fully saturated rings. The third kappa shape index (κ3) is 2.38. The van der Waals surface area contributed by atoms with E-state index in [2.05, 4.69) is 5.32 Å². The summed E-state index contributed by atoms with van der Waals surface area (Å²) in [6.07, 6.45) is 7.28. The summed E-state index contributed by atoms with van der Waals surface area (Å²) in [4.78, 5) is 13.0. The van der Waals surface area contributed by atoms with Gasteiger partial charge in [0.05, 0.1) is 22.5 Å². The second-order valence-corrected chi connectivity index (χ2v) is 6.63. The third-order valence-corrected chi connectivity index (χ3v) is 5.29. The second-order valence-electron chi connectivity index (χ2n) is 6.19. The van der Waals surface area contributed by atoms with E-state index < -0.39 is 5.41 Å². The molecule has 4 nitrogen and oxygen atoms in total. The Morgan fingerprint density at radius 2 is 1.95 bits per heavy atom. The van der Waals surface area contributed by atoms with Crippen LogP contribution < -0.4 is 11.1 Å². The van der Waals surface area contributed by atoms with Crippen molar-refractivity contribution in [3.63, 3.8) is 0 Å². The summed E-state index contributed by atoms with van der Waals surface area (Å²) in [6, 6.07) is 0.159. The zero-order valence-corrected chi connectivity index (χ0v) is 12.0. The largest absolute Gasteiger partial charge is 0.392 e. The highest BCUT2D eigenvalue weighted by atomic mass is 32.1. The van der Waals surface area contributed by atoms with Gasteiger partial charge in [-0.25, -0.2) is 0 Å². The summed E-state index contributed by atoms with van der Waals surface area (Å²) in [7, 11) is 0. The van der Waals surface area contributed by atoms with Crippen molar-refractivity contribution in [2.24, 2.45) is 17.1 Å². The quantitative estimate of drug-likeness (QED) is 0.767. The van der Waals surface area contributed by atoms with Crippen LogP contribution in [0.15, 0.2) is 0 Å². The first-order valence-corrected chi connectivity index (χ1v) is 7.77. The van der Waals surface area contributed by atoms with E-state index in [4.69, 9.17) is 22.7 Å². The van der Waals surface area contributed by atoms with E-state index in [1.807, 2.05) is 0 Å². The fourth-order valence-corrected chi connectivity index (χ4v) is 3.82. The lowest BCUT2D eigenvalue weighted by atomic mass is 9.84. The predicted molar refractivity (Wildman–Crippen MR) is 76.7 cm³/mol. The average molecular weight is 282 g/mol. The number of carbonyl (C=O) groups excluding carboxylic acids is 1. The first-order chi connectivity index (χ1) is 9.13. The zero-order chi connectivity index (χ0) is 13.5. The van der Waals surface area contributed by atoms with Crippen LogP contribution in [-0.2, 0) is 9.53 Å². The van der Waals surface area contributed by atoms with Gasteiger partial charge >= 0.3 is 0 Å². The SMILES string of the molecule is NC(=S)C1(C(=O)NC2CCOC2C2CC2)CCCC1. The third-order valence-electron chi connectivity index (χ3n) is 4.90. The van der Waals surface area contributed by atoms with Crippen molar-refractivity contribution in [2.45, 2.75) is 57.1 Å². The van der Waals surface area contributed by atoms with E-state index in [9.17, 15) is 4.79 Å². The van der Waals surface area contributed by atoms with Gasteiger partial charge in [-0.3, -0.25) is 4.79 Å². The molecule has 2 aliphatic carbocycles. The van der Waals surface area contributed by atoms with Gasteiger partial charge in [0.25, 0.3) is 0 Å². The first kappa shape index (κ1) is 13.3. The second kappa shape index (κ2) is 5.02. The van der Waals surface area contributed by atoms with Crippen LogP contribution in [0.3, 0.4) is 0 Å². The fourth-order valence-electron chi connectivity index (χ4n) is 3.53. The number of nitrogens with two attached hydrogens (primary N) is 1. The molecular formula is C14H22N2O2S. The molecule has 5 heteroatoms. The molecule has 0 aromatic carbocycles. The Hall–Kier alpha value is -0.680. The lowest BCUT2D eigenvalue weighted by molar-refractivity contribution is -0.128. The van der Waals surface area contributed by atoms with E-state index in [1.54, 1.807) is 0 Å².